The number of unbranched alkanes of at least 4 members (excludes halogenated alkanes) is 1. The van der Waals surface area contributed by atoms with Crippen LogP contribution in [0.5, 0.6) is 0 Å². The normalized spacial score (nSPS) is 12.1. The van der Waals surface area contributed by atoms with Crippen molar-refractivity contribution in [3.63, 3.8) is 0 Å². The van der Waals surface area contributed by atoms with Crippen LogP contribution in [-0.2, 0) is 6.42 Å². The molecule has 0 saturated heterocycles. The average Bonchev–Trinajstić information content (AvgIpc) is 2.50. The molecule has 0 aliphatic heterocycles. The van der Waals surface area contributed by atoms with E-state index < -0.39 is 0 Å². The summed E-state index contributed by atoms with van der Waals surface area (Å²) in [5, 5.41) is 0. The highest BCUT2D eigenvalue weighted by atomic mass is 15.1. The fourth-order valence-corrected chi connectivity index (χ4v) is 2.52. The number of benzene rings is 2. The maximum absolute atomic E-state index is 5.87. The molecule has 0 amide bonds. The van der Waals surface area contributed by atoms with E-state index in [1.807, 2.05) is 6.92 Å². The number of nitrogens with two attached hydrogens (primary N) is 1. The minimum Gasteiger partial charge on any atom is -0.341 e. The Kier molecular flexibility index (Phi) is 5.82. The van der Waals surface area contributed by atoms with E-state index in [4.69, 9.17) is 5.73 Å². The second-order valence-corrected chi connectivity index (χ2v) is 5.69. The van der Waals surface area contributed by atoms with Crippen molar-refractivity contribution in [1.82, 2.24) is 0 Å². The van der Waals surface area contributed by atoms with Gasteiger partial charge in [0.05, 0.1) is 0 Å². The van der Waals surface area contributed by atoms with Crippen LogP contribution in [0, 0.1) is 0 Å². The molecule has 2 rings (SSSR count). The number of nitrogens with zero attached hydrogens (tertiary/aromatic N) is 1. The Bertz CT molecular complexity index is 517. The molecule has 0 aromatic heterocycles. The van der Waals surface area contributed by atoms with Crippen LogP contribution in [0.1, 0.15) is 32.3 Å². The summed E-state index contributed by atoms with van der Waals surface area (Å²) in [5.74, 6) is 0. The van der Waals surface area contributed by atoms with Crippen LogP contribution in [0.2, 0.25) is 0 Å². The zero-order valence-corrected chi connectivity index (χ0v) is 13.1. The number of anilines is 2. The van der Waals surface area contributed by atoms with E-state index in [0.29, 0.717) is 0 Å². The molecular formula is C19H26N2. The van der Waals surface area contributed by atoms with Crippen LogP contribution in [-0.4, -0.2) is 12.6 Å². The highest BCUT2D eigenvalue weighted by Gasteiger charge is 2.08. The van der Waals surface area contributed by atoms with E-state index in [2.05, 4.69) is 66.4 Å². The molecule has 0 bridgehead atoms. The fourth-order valence-electron chi connectivity index (χ4n) is 2.52. The van der Waals surface area contributed by atoms with Gasteiger partial charge in [0.15, 0.2) is 0 Å². The van der Waals surface area contributed by atoms with Crippen LogP contribution in [0.25, 0.3) is 0 Å². The molecule has 112 valence electrons. The van der Waals surface area contributed by atoms with Gasteiger partial charge in [-0.2, -0.15) is 0 Å². The number of para-hydroxylation sites is 1. The Morgan fingerprint density at radius 2 is 1.57 bits per heavy atom. The van der Waals surface area contributed by atoms with Crippen molar-refractivity contribution >= 4 is 11.4 Å². The molecule has 0 heterocycles. The van der Waals surface area contributed by atoms with Crippen LogP contribution in [0.15, 0.2) is 54.6 Å². The van der Waals surface area contributed by atoms with Crippen LogP contribution in [0.4, 0.5) is 11.4 Å². The van der Waals surface area contributed by atoms with Crippen molar-refractivity contribution < 1.29 is 0 Å². The first kappa shape index (κ1) is 15.6. The lowest BCUT2D eigenvalue weighted by Crippen LogP contribution is -2.19. The lowest BCUT2D eigenvalue weighted by atomic mass is 10.1. The van der Waals surface area contributed by atoms with Crippen LogP contribution < -0.4 is 10.6 Å². The molecule has 0 radical (unpaired) electrons. The third-order valence-electron chi connectivity index (χ3n) is 3.61. The topological polar surface area (TPSA) is 29.3 Å². The van der Waals surface area contributed by atoms with Gasteiger partial charge in [-0.25, -0.2) is 0 Å². The van der Waals surface area contributed by atoms with Gasteiger partial charge in [0.1, 0.15) is 0 Å². The molecule has 1 unspecified atom stereocenters. The number of rotatable bonds is 7. The van der Waals surface area contributed by atoms with E-state index in [0.717, 1.165) is 13.0 Å². The van der Waals surface area contributed by atoms with Gasteiger partial charge in [0, 0.05) is 24.0 Å². The second-order valence-electron chi connectivity index (χ2n) is 5.69. The molecule has 2 aromatic carbocycles. The summed E-state index contributed by atoms with van der Waals surface area (Å²) in [6.45, 7) is 5.33. The Morgan fingerprint density at radius 3 is 2.14 bits per heavy atom. The largest absolute Gasteiger partial charge is 0.341 e. The first-order chi connectivity index (χ1) is 10.2. The lowest BCUT2D eigenvalue weighted by molar-refractivity contribution is 0.738. The van der Waals surface area contributed by atoms with Gasteiger partial charge >= 0.3 is 0 Å². The molecule has 2 aromatic rings. The summed E-state index contributed by atoms with van der Waals surface area (Å²) in [6, 6.07) is 19.6. The highest BCUT2D eigenvalue weighted by Crippen LogP contribution is 2.26. The Balaban J connectivity index is 2.20. The van der Waals surface area contributed by atoms with Crippen molar-refractivity contribution in [3.8, 4) is 0 Å². The monoisotopic (exact) mass is 282 g/mol. The summed E-state index contributed by atoms with van der Waals surface area (Å²) in [5.41, 5.74) is 9.68. The predicted octanol–water partition coefficient (Wildman–Crippen LogP) is 4.51. The molecule has 0 aliphatic rings. The fraction of sp³-hybridized carbons (Fsp3) is 0.368. The van der Waals surface area contributed by atoms with Crippen molar-refractivity contribution in [3.05, 3.63) is 60.2 Å². The minimum absolute atomic E-state index is 0.209. The molecule has 2 N–H and O–H groups in total. The average molecular weight is 282 g/mol. The zero-order chi connectivity index (χ0) is 15.1. The van der Waals surface area contributed by atoms with Crippen molar-refractivity contribution in [1.29, 1.82) is 0 Å². The van der Waals surface area contributed by atoms with Gasteiger partial charge in [0.25, 0.3) is 0 Å². The van der Waals surface area contributed by atoms with Gasteiger partial charge in [-0.1, -0.05) is 43.7 Å². The predicted molar refractivity (Wildman–Crippen MR) is 92.2 cm³/mol. The van der Waals surface area contributed by atoms with E-state index >= 15 is 0 Å². The second kappa shape index (κ2) is 7.84. The van der Waals surface area contributed by atoms with Crippen molar-refractivity contribution in [2.24, 2.45) is 5.73 Å². The summed E-state index contributed by atoms with van der Waals surface area (Å²) in [6.07, 6.45) is 3.32. The third kappa shape index (κ3) is 4.61. The summed E-state index contributed by atoms with van der Waals surface area (Å²) in [4.78, 5) is 2.39. The molecule has 0 aliphatic carbocycles. The van der Waals surface area contributed by atoms with Crippen molar-refractivity contribution in [2.75, 3.05) is 11.4 Å². The smallest absolute Gasteiger partial charge is 0.0410 e. The molecule has 0 spiro atoms. The third-order valence-corrected chi connectivity index (χ3v) is 3.61. The minimum atomic E-state index is 0.209. The maximum atomic E-state index is 5.87. The van der Waals surface area contributed by atoms with E-state index in [9.17, 15) is 0 Å². The summed E-state index contributed by atoms with van der Waals surface area (Å²) < 4.78 is 0. The first-order valence-corrected chi connectivity index (χ1v) is 7.88. The van der Waals surface area contributed by atoms with Crippen LogP contribution in [0.3, 0.4) is 0 Å². The quantitative estimate of drug-likeness (QED) is 0.809. The van der Waals surface area contributed by atoms with Gasteiger partial charge in [-0.05, 0) is 49.6 Å². The maximum Gasteiger partial charge on any atom is 0.0410 e. The Hall–Kier alpha value is -1.80. The van der Waals surface area contributed by atoms with E-state index in [1.165, 1.54) is 29.8 Å². The molecule has 2 heteroatoms. The molecule has 1 atom stereocenters. The van der Waals surface area contributed by atoms with Gasteiger partial charge in [0.2, 0.25) is 0 Å². The van der Waals surface area contributed by atoms with Gasteiger partial charge < -0.3 is 10.6 Å². The molecule has 21 heavy (non-hydrogen) atoms. The van der Waals surface area contributed by atoms with Gasteiger partial charge in [-0.3, -0.25) is 0 Å². The van der Waals surface area contributed by atoms with E-state index in [-0.39, 0.29) is 6.04 Å². The van der Waals surface area contributed by atoms with E-state index in [1.54, 1.807) is 0 Å². The zero-order valence-electron chi connectivity index (χ0n) is 13.1. The number of hydrogen-bond donors (Lipinski definition) is 1. The summed E-state index contributed by atoms with van der Waals surface area (Å²) in [7, 11) is 0. The molecule has 2 nitrogen and oxygen atoms in total. The highest BCUT2D eigenvalue weighted by molar-refractivity contribution is 5.63. The van der Waals surface area contributed by atoms with Gasteiger partial charge in [-0.15, -0.1) is 0 Å². The number of hydrogen-bond acceptors (Lipinski definition) is 2. The summed E-state index contributed by atoms with van der Waals surface area (Å²) >= 11 is 0. The molecular weight excluding hydrogens is 256 g/mol. The standard InChI is InChI=1S/C19H26N2/c1-3-4-14-21(18-8-6-5-7-9-18)19-12-10-17(11-13-19)15-16(2)20/h5-13,16H,3-4,14-15,20H2,1-2H3. The van der Waals surface area contributed by atoms with Crippen LogP contribution >= 0.6 is 0 Å². The Labute approximate surface area is 128 Å². The van der Waals surface area contributed by atoms with Crippen molar-refractivity contribution in [2.45, 2.75) is 39.2 Å². The SMILES string of the molecule is CCCCN(c1ccccc1)c1ccc(CC(C)N)cc1. The Morgan fingerprint density at radius 1 is 0.952 bits per heavy atom. The first-order valence-electron chi connectivity index (χ1n) is 7.88. The molecule has 0 fully saturated rings. The molecule has 0 saturated carbocycles. The lowest BCUT2D eigenvalue weighted by Gasteiger charge is -2.25.